The van der Waals surface area contributed by atoms with Gasteiger partial charge in [-0.2, -0.15) is 0 Å². The number of aldehydes is 1. The number of hydrogen-bond acceptors (Lipinski definition) is 3. The zero-order chi connectivity index (χ0) is 14.7. The zero-order valence-electron chi connectivity index (χ0n) is 11.7. The first-order chi connectivity index (χ1) is 10.3. The Balaban J connectivity index is 1.87. The molecule has 0 bridgehead atoms. The molecule has 0 unspecified atom stereocenters. The first-order valence-electron chi connectivity index (χ1n) is 6.79. The van der Waals surface area contributed by atoms with E-state index in [1.165, 1.54) is 0 Å². The fourth-order valence-electron chi connectivity index (χ4n) is 2.29. The maximum absolute atomic E-state index is 10.8. The number of rotatable bonds is 4. The zero-order valence-corrected chi connectivity index (χ0v) is 11.7. The summed E-state index contributed by atoms with van der Waals surface area (Å²) in [6.07, 6.45) is 0.770. The molecule has 0 saturated heterocycles. The van der Waals surface area contributed by atoms with Crippen LogP contribution in [-0.4, -0.2) is 11.3 Å². The lowest BCUT2D eigenvalue weighted by Gasteiger charge is -2.09. The molecule has 1 heterocycles. The average Bonchev–Trinajstić information content (AvgIpc) is 2.54. The molecule has 104 valence electrons. The Bertz CT molecular complexity index is 782. The van der Waals surface area contributed by atoms with Crippen molar-refractivity contribution < 1.29 is 9.53 Å². The number of fused-ring (bicyclic) bond motifs is 1. The summed E-state index contributed by atoms with van der Waals surface area (Å²) in [5, 5.41) is 1.01. The van der Waals surface area contributed by atoms with Crippen LogP contribution in [0.15, 0.2) is 54.6 Å². The van der Waals surface area contributed by atoms with Crippen LogP contribution in [0.2, 0.25) is 0 Å². The van der Waals surface area contributed by atoms with Gasteiger partial charge in [0.05, 0.1) is 5.52 Å². The molecule has 0 aliphatic heterocycles. The first kappa shape index (κ1) is 13.3. The van der Waals surface area contributed by atoms with Crippen LogP contribution in [0.5, 0.6) is 5.75 Å². The molecule has 0 amide bonds. The van der Waals surface area contributed by atoms with Crippen molar-refractivity contribution in [2.24, 2.45) is 0 Å². The number of aromatic nitrogens is 1. The molecule has 3 nitrogen and oxygen atoms in total. The number of benzene rings is 2. The third-order valence-electron chi connectivity index (χ3n) is 3.38. The highest BCUT2D eigenvalue weighted by molar-refractivity contribution is 5.87. The van der Waals surface area contributed by atoms with Crippen LogP contribution >= 0.6 is 0 Å². The Kier molecular flexibility index (Phi) is 3.65. The molecule has 2 aromatic carbocycles. The van der Waals surface area contributed by atoms with Crippen LogP contribution in [-0.2, 0) is 6.61 Å². The normalized spacial score (nSPS) is 10.5. The highest BCUT2D eigenvalue weighted by Gasteiger charge is 2.04. The number of ether oxygens (including phenoxy) is 1. The molecule has 0 radical (unpaired) electrons. The van der Waals surface area contributed by atoms with Gasteiger partial charge >= 0.3 is 0 Å². The van der Waals surface area contributed by atoms with Gasteiger partial charge in [0.2, 0.25) is 0 Å². The van der Waals surface area contributed by atoms with E-state index in [0.29, 0.717) is 12.3 Å². The van der Waals surface area contributed by atoms with E-state index in [9.17, 15) is 4.79 Å². The first-order valence-corrected chi connectivity index (χ1v) is 6.79. The van der Waals surface area contributed by atoms with Crippen LogP contribution < -0.4 is 4.74 Å². The smallest absolute Gasteiger partial charge is 0.168 e. The summed E-state index contributed by atoms with van der Waals surface area (Å²) >= 11 is 0. The molecule has 0 saturated carbocycles. The monoisotopic (exact) mass is 277 g/mol. The van der Waals surface area contributed by atoms with Crippen molar-refractivity contribution in [3.05, 3.63) is 71.4 Å². The third-order valence-corrected chi connectivity index (χ3v) is 3.38. The van der Waals surface area contributed by atoms with Gasteiger partial charge in [-0.3, -0.25) is 4.79 Å². The summed E-state index contributed by atoms with van der Waals surface area (Å²) in [6.45, 7) is 2.50. The maximum atomic E-state index is 10.8. The molecule has 0 N–H and O–H groups in total. The third kappa shape index (κ3) is 2.92. The minimum Gasteiger partial charge on any atom is -0.489 e. The summed E-state index contributed by atoms with van der Waals surface area (Å²) in [6, 6.07) is 17.6. The van der Waals surface area contributed by atoms with E-state index in [1.807, 2.05) is 55.5 Å². The number of nitrogens with zero attached hydrogens (tertiary/aromatic N) is 1. The quantitative estimate of drug-likeness (QED) is 0.678. The molecule has 0 fully saturated rings. The fraction of sp³-hybridized carbons (Fsp3) is 0.111. The van der Waals surface area contributed by atoms with Gasteiger partial charge in [-0.25, -0.2) is 4.98 Å². The Hall–Kier alpha value is -2.68. The van der Waals surface area contributed by atoms with Crippen molar-refractivity contribution in [3.8, 4) is 5.75 Å². The summed E-state index contributed by atoms with van der Waals surface area (Å²) in [5.41, 5.74) is 3.41. The predicted octanol–water partition coefficient (Wildman–Crippen LogP) is 3.93. The molecule has 1 aromatic heterocycles. The predicted molar refractivity (Wildman–Crippen MR) is 82.6 cm³/mol. The molecule has 0 aliphatic carbocycles. The lowest BCUT2D eigenvalue weighted by Crippen LogP contribution is -1.96. The standard InChI is InChI=1S/C18H15NO2/c1-13-9-15(11-20)19-18-8-7-16(10-17(13)18)21-12-14-5-3-2-4-6-14/h2-11H,12H2,1H3. The molecule has 3 rings (SSSR count). The van der Waals surface area contributed by atoms with Crippen molar-refractivity contribution in [2.45, 2.75) is 13.5 Å². The molecule has 3 heteroatoms. The second kappa shape index (κ2) is 5.75. The van der Waals surface area contributed by atoms with Crippen LogP contribution in [0, 0.1) is 6.92 Å². The highest BCUT2D eigenvalue weighted by Crippen LogP contribution is 2.23. The molecule has 0 spiro atoms. The summed E-state index contributed by atoms with van der Waals surface area (Å²) in [5.74, 6) is 0.801. The van der Waals surface area contributed by atoms with Gasteiger partial charge in [-0.1, -0.05) is 30.3 Å². The van der Waals surface area contributed by atoms with Gasteiger partial charge in [0.15, 0.2) is 6.29 Å². The van der Waals surface area contributed by atoms with Gasteiger partial charge in [0.1, 0.15) is 18.1 Å². The van der Waals surface area contributed by atoms with Gasteiger partial charge in [0.25, 0.3) is 0 Å². The van der Waals surface area contributed by atoms with Crippen LogP contribution in [0.1, 0.15) is 21.6 Å². The maximum Gasteiger partial charge on any atom is 0.168 e. The van der Waals surface area contributed by atoms with E-state index < -0.39 is 0 Å². The van der Waals surface area contributed by atoms with Gasteiger partial charge in [-0.15, -0.1) is 0 Å². The summed E-state index contributed by atoms with van der Waals surface area (Å²) < 4.78 is 5.81. The van der Waals surface area contributed by atoms with Gasteiger partial charge in [-0.05, 0) is 42.3 Å². The van der Waals surface area contributed by atoms with Gasteiger partial charge < -0.3 is 4.74 Å². The Morgan fingerprint density at radius 3 is 2.67 bits per heavy atom. The van der Waals surface area contributed by atoms with Crippen molar-refractivity contribution in [1.82, 2.24) is 4.98 Å². The van der Waals surface area contributed by atoms with E-state index in [4.69, 9.17) is 4.74 Å². The van der Waals surface area contributed by atoms with E-state index in [2.05, 4.69) is 4.98 Å². The van der Waals surface area contributed by atoms with Crippen LogP contribution in [0.25, 0.3) is 10.9 Å². The van der Waals surface area contributed by atoms with E-state index >= 15 is 0 Å². The van der Waals surface area contributed by atoms with Gasteiger partial charge in [0, 0.05) is 5.39 Å². The molecular weight excluding hydrogens is 262 g/mol. The average molecular weight is 277 g/mol. The Morgan fingerprint density at radius 2 is 1.90 bits per heavy atom. The Morgan fingerprint density at radius 1 is 1.10 bits per heavy atom. The van der Waals surface area contributed by atoms with Crippen molar-refractivity contribution >= 4 is 17.2 Å². The molecule has 0 aliphatic rings. The molecule has 21 heavy (non-hydrogen) atoms. The lowest BCUT2D eigenvalue weighted by molar-refractivity contribution is 0.111. The van der Waals surface area contributed by atoms with Crippen molar-refractivity contribution in [2.75, 3.05) is 0 Å². The minimum atomic E-state index is 0.456. The number of hydrogen-bond donors (Lipinski definition) is 0. The lowest BCUT2D eigenvalue weighted by atomic mass is 10.1. The Labute approximate surface area is 123 Å². The molecular formula is C18H15NO2. The topological polar surface area (TPSA) is 39.2 Å². The van der Waals surface area contributed by atoms with Crippen LogP contribution in [0.4, 0.5) is 0 Å². The van der Waals surface area contributed by atoms with E-state index in [-0.39, 0.29) is 0 Å². The van der Waals surface area contributed by atoms with Crippen LogP contribution in [0.3, 0.4) is 0 Å². The second-order valence-electron chi connectivity index (χ2n) is 4.94. The summed E-state index contributed by atoms with van der Waals surface area (Å²) in [4.78, 5) is 15.1. The number of carbonyl (C=O) groups is 1. The minimum absolute atomic E-state index is 0.456. The largest absolute Gasteiger partial charge is 0.489 e. The van der Waals surface area contributed by atoms with Crippen molar-refractivity contribution in [3.63, 3.8) is 0 Å². The second-order valence-corrected chi connectivity index (χ2v) is 4.94. The fourth-order valence-corrected chi connectivity index (χ4v) is 2.29. The number of carbonyl (C=O) groups excluding carboxylic acids is 1. The molecule has 3 aromatic rings. The highest BCUT2D eigenvalue weighted by atomic mass is 16.5. The summed E-state index contributed by atoms with van der Waals surface area (Å²) in [7, 11) is 0. The number of pyridine rings is 1. The SMILES string of the molecule is Cc1cc(C=O)nc2ccc(OCc3ccccc3)cc12. The van der Waals surface area contributed by atoms with E-state index in [0.717, 1.165) is 34.1 Å². The van der Waals surface area contributed by atoms with Crippen molar-refractivity contribution in [1.29, 1.82) is 0 Å². The molecule has 0 atom stereocenters. The number of aryl methyl sites for hydroxylation is 1. The van der Waals surface area contributed by atoms with E-state index in [1.54, 1.807) is 6.07 Å².